The van der Waals surface area contributed by atoms with E-state index in [1.807, 2.05) is 37.3 Å². The molecular weight excluding hydrogens is 239 g/mol. The maximum Gasteiger partial charge on any atom is 0.165 e. The van der Waals surface area contributed by atoms with Gasteiger partial charge < -0.3 is 4.74 Å². The van der Waals surface area contributed by atoms with Crippen LogP contribution in [0.3, 0.4) is 0 Å². The molecule has 0 saturated carbocycles. The molecule has 100 valence electrons. The third-order valence-corrected chi connectivity index (χ3v) is 3.06. The van der Waals surface area contributed by atoms with Crippen LogP contribution < -0.4 is 4.74 Å². The van der Waals surface area contributed by atoms with E-state index in [0.717, 1.165) is 12.0 Å². The van der Waals surface area contributed by atoms with Gasteiger partial charge in [0.15, 0.2) is 11.6 Å². The first kappa shape index (κ1) is 13.6. The molecule has 2 rings (SSSR count). The van der Waals surface area contributed by atoms with E-state index >= 15 is 0 Å². The Morgan fingerprint density at radius 1 is 1.05 bits per heavy atom. The van der Waals surface area contributed by atoms with Gasteiger partial charge in [-0.05, 0) is 55.2 Å². The highest BCUT2D eigenvalue weighted by Crippen LogP contribution is 2.25. The Bertz CT molecular complexity index is 531. The van der Waals surface area contributed by atoms with Crippen LogP contribution in [0.4, 0.5) is 4.39 Å². The molecule has 19 heavy (non-hydrogen) atoms. The van der Waals surface area contributed by atoms with E-state index in [-0.39, 0.29) is 11.6 Å². The van der Waals surface area contributed by atoms with Crippen LogP contribution in [-0.4, -0.2) is 0 Å². The Hall–Kier alpha value is -1.83. The monoisotopic (exact) mass is 258 g/mol. The molecule has 0 radical (unpaired) electrons. The van der Waals surface area contributed by atoms with Crippen molar-refractivity contribution in [3.8, 4) is 11.5 Å². The van der Waals surface area contributed by atoms with E-state index in [2.05, 4.69) is 6.92 Å². The van der Waals surface area contributed by atoms with Crippen molar-refractivity contribution in [2.45, 2.75) is 33.1 Å². The highest BCUT2D eigenvalue weighted by molar-refractivity contribution is 5.35. The van der Waals surface area contributed by atoms with Crippen LogP contribution >= 0.6 is 0 Å². The van der Waals surface area contributed by atoms with Crippen LogP contribution in [0.15, 0.2) is 42.5 Å². The second-order valence-electron chi connectivity index (χ2n) is 4.78. The lowest BCUT2D eigenvalue weighted by molar-refractivity contribution is 0.442. The van der Waals surface area contributed by atoms with E-state index in [1.54, 1.807) is 6.07 Å². The van der Waals surface area contributed by atoms with Gasteiger partial charge in [-0.3, -0.25) is 0 Å². The largest absolute Gasteiger partial charge is 0.454 e. The molecule has 0 aliphatic heterocycles. The van der Waals surface area contributed by atoms with Gasteiger partial charge in [0.2, 0.25) is 0 Å². The zero-order valence-corrected chi connectivity index (χ0v) is 11.4. The molecule has 0 aliphatic carbocycles. The van der Waals surface area contributed by atoms with E-state index in [4.69, 9.17) is 4.74 Å². The first-order valence-electron chi connectivity index (χ1n) is 6.72. The van der Waals surface area contributed by atoms with Gasteiger partial charge in [-0.1, -0.05) is 31.5 Å². The highest BCUT2D eigenvalue weighted by atomic mass is 19.1. The molecule has 0 aromatic heterocycles. The van der Waals surface area contributed by atoms with Crippen LogP contribution in [0.25, 0.3) is 0 Å². The number of ether oxygens (including phenoxy) is 1. The Labute approximate surface area is 114 Å². The minimum Gasteiger partial charge on any atom is -0.454 e. The summed E-state index contributed by atoms with van der Waals surface area (Å²) in [6.45, 7) is 4.03. The molecule has 0 bridgehead atoms. The molecule has 2 aromatic carbocycles. The van der Waals surface area contributed by atoms with Crippen molar-refractivity contribution in [3.05, 3.63) is 59.4 Å². The highest BCUT2D eigenvalue weighted by Gasteiger charge is 2.04. The Morgan fingerprint density at radius 3 is 2.42 bits per heavy atom. The summed E-state index contributed by atoms with van der Waals surface area (Å²) in [7, 11) is 0. The van der Waals surface area contributed by atoms with E-state index in [0.29, 0.717) is 5.75 Å². The summed E-state index contributed by atoms with van der Waals surface area (Å²) < 4.78 is 19.2. The first-order chi connectivity index (χ1) is 9.19. The fraction of sp³-hybridized carbons (Fsp3) is 0.294. The van der Waals surface area contributed by atoms with Crippen molar-refractivity contribution in [2.75, 3.05) is 0 Å². The number of hydrogen-bond acceptors (Lipinski definition) is 1. The summed E-state index contributed by atoms with van der Waals surface area (Å²) in [5.41, 5.74) is 2.18. The van der Waals surface area contributed by atoms with Gasteiger partial charge in [0.05, 0.1) is 0 Å². The van der Waals surface area contributed by atoms with Crippen LogP contribution in [-0.2, 0) is 6.42 Å². The maximum atomic E-state index is 13.7. The minimum atomic E-state index is -0.324. The summed E-state index contributed by atoms with van der Waals surface area (Å²) in [6.07, 6.45) is 3.45. The standard InChI is InChI=1S/C17H19FO/c1-3-4-5-14-7-9-15(10-8-14)19-17-11-6-13(2)12-16(17)18/h6-12H,3-5H2,1-2H3. The summed E-state index contributed by atoms with van der Waals surface area (Å²) >= 11 is 0. The van der Waals surface area contributed by atoms with E-state index in [9.17, 15) is 4.39 Å². The van der Waals surface area contributed by atoms with Gasteiger partial charge in [0, 0.05) is 0 Å². The van der Waals surface area contributed by atoms with Crippen LogP contribution in [0.5, 0.6) is 11.5 Å². The second-order valence-corrected chi connectivity index (χ2v) is 4.78. The molecule has 0 aliphatic rings. The number of hydrogen-bond donors (Lipinski definition) is 0. The average molecular weight is 258 g/mol. The Balaban J connectivity index is 2.06. The molecule has 0 spiro atoms. The number of halogens is 1. The van der Waals surface area contributed by atoms with Crippen molar-refractivity contribution >= 4 is 0 Å². The third-order valence-electron chi connectivity index (χ3n) is 3.06. The summed E-state index contributed by atoms with van der Waals surface area (Å²) in [5, 5.41) is 0. The van der Waals surface area contributed by atoms with E-state index in [1.165, 1.54) is 24.5 Å². The number of rotatable bonds is 5. The molecular formula is C17H19FO. The van der Waals surface area contributed by atoms with Crippen molar-refractivity contribution in [2.24, 2.45) is 0 Å². The first-order valence-corrected chi connectivity index (χ1v) is 6.72. The van der Waals surface area contributed by atoms with Crippen molar-refractivity contribution in [3.63, 3.8) is 0 Å². The maximum absolute atomic E-state index is 13.7. The van der Waals surface area contributed by atoms with Gasteiger partial charge in [-0.15, -0.1) is 0 Å². The van der Waals surface area contributed by atoms with Gasteiger partial charge in [-0.2, -0.15) is 0 Å². The molecule has 1 nitrogen and oxygen atoms in total. The van der Waals surface area contributed by atoms with Crippen molar-refractivity contribution in [1.29, 1.82) is 0 Å². The molecule has 0 saturated heterocycles. The van der Waals surface area contributed by atoms with Crippen molar-refractivity contribution in [1.82, 2.24) is 0 Å². The lowest BCUT2D eigenvalue weighted by atomic mass is 10.1. The summed E-state index contributed by atoms with van der Waals surface area (Å²) in [6, 6.07) is 12.8. The molecule has 0 unspecified atom stereocenters. The van der Waals surface area contributed by atoms with Crippen LogP contribution in [0.1, 0.15) is 30.9 Å². The van der Waals surface area contributed by atoms with Crippen molar-refractivity contribution < 1.29 is 9.13 Å². The van der Waals surface area contributed by atoms with Gasteiger partial charge >= 0.3 is 0 Å². The SMILES string of the molecule is CCCCc1ccc(Oc2ccc(C)cc2F)cc1. The predicted octanol–water partition coefficient (Wildman–Crippen LogP) is 5.27. The van der Waals surface area contributed by atoms with Gasteiger partial charge in [0.1, 0.15) is 5.75 Å². The normalized spacial score (nSPS) is 10.5. The molecule has 0 amide bonds. The molecule has 2 aromatic rings. The molecule has 0 heterocycles. The second kappa shape index (κ2) is 6.37. The summed E-state index contributed by atoms with van der Waals surface area (Å²) in [4.78, 5) is 0. The zero-order valence-electron chi connectivity index (χ0n) is 11.4. The van der Waals surface area contributed by atoms with Crippen LogP contribution in [0, 0.1) is 12.7 Å². The third kappa shape index (κ3) is 3.82. The Kier molecular flexibility index (Phi) is 4.56. The Morgan fingerprint density at radius 2 is 1.79 bits per heavy atom. The quantitative estimate of drug-likeness (QED) is 0.710. The number of unbranched alkanes of at least 4 members (excludes halogenated alkanes) is 1. The topological polar surface area (TPSA) is 9.23 Å². The molecule has 0 fully saturated rings. The van der Waals surface area contributed by atoms with E-state index < -0.39 is 0 Å². The summed E-state index contributed by atoms with van der Waals surface area (Å²) in [5.74, 6) is 0.616. The lowest BCUT2D eigenvalue weighted by Gasteiger charge is -2.08. The molecule has 2 heteroatoms. The molecule has 0 N–H and O–H groups in total. The fourth-order valence-electron chi connectivity index (χ4n) is 1.92. The fourth-order valence-corrected chi connectivity index (χ4v) is 1.92. The van der Waals surface area contributed by atoms with Gasteiger partial charge in [-0.25, -0.2) is 4.39 Å². The smallest absolute Gasteiger partial charge is 0.165 e. The predicted molar refractivity (Wildman–Crippen MR) is 76.3 cm³/mol. The lowest BCUT2D eigenvalue weighted by Crippen LogP contribution is -1.90. The number of benzene rings is 2. The molecule has 0 atom stereocenters. The van der Waals surface area contributed by atoms with Crippen LogP contribution in [0.2, 0.25) is 0 Å². The zero-order chi connectivity index (χ0) is 13.7. The number of aryl methyl sites for hydroxylation is 2. The minimum absolute atomic E-state index is 0.270. The average Bonchev–Trinajstić information content (AvgIpc) is 2.41. The van der Waals surface area contributed by atoms with Gasteiger partial charge in [0.25, 0.3) is 0 Å².